The average molecular weight is 489 g/mol. The van der Waals surface area contributed by atoms with Crippen molar-refractivity contribution < 1.29 is 9.15 Å². The molecule has 0 aliphatic rings. The van der Waals surface area contributed by atoms with Crippen LogP contribution < -0.4 is 10.1 Å². The molecule has 4 aromatic carbocycles. The summed E-state index contributed by atoms with van der Waals surface area (Å²) < 4.78 is 11.6. The van der Waals surface area contributed by atoms with Crippen LogP contribution in [0.1, 0.15) is 38.3 Å². The molecule has 0 saturated heterocycles. The molecular formula is C33H32N2O2. The summed E-state index contributed by atoms with van der Waals surface area (Å²) in [6, 6.07) is 35.1. The van der Waals surface area contributed by atoms with Gasteiger partial charge in [0.05, 0.1) is 7.11 Å². The molecule has 0 radical (unpaired) electrons. The van der Waals surface area contributed by atoms with Crippen LogP contribution >= 0.6 is 0 Å². The number of benzene rings is 4. The van der Waals surface area contributed by atoms with Crippen LogP contribution in [0.2, 0.25) is 0 Å². The second-order valence-corrected chi connectivity index (χ2v) is 10.1. The fourth-order valence-electron chi connectivity index (χ4n) is 4.64. The summed E-state index contributed by atoms with van der Waals surface area (Å²) in [5.74, 6) is 1.40. The Morgan fingerprint density at radius 2 is 1.30 bits per heavy atom. The number of oxazole rings is 1. The standard InChI is InChI=1S/C33H32N2O2/c1-33(2,3)35-31(32-34-29(22-37-32)25-17-11-18-26(21-25)36-4)30-27(23-13-7-5-8-14-23)19-12-20-28(30)24-15-9-6-10-16-24/h5-22,31,35H,1-4H3. The summed E-state index contributed by atoms with van der Waals surface area (Å²) in [7, 11) is 1.67. The molecule has 37 heavy (non-hydrogen) atoms. The average Bonchev–Trinajstić information content (AvgIpc) is 3.42. The first-order chi connectivity index (χ1) is 17.9. The Hall–Kier alpha value is -4.15. The molecular weight excluding hydrogens is 456 g/mol. The van der Waals surface area contributed by atoms with Crippen molar-refractivity contribution in [3.8, 4) is 39.3 Å². The van der Waals surface area contributed by atoms with E-state index < -0.39 is 0 Å². The van der Waals surface area contributed by atoms with Gasteiger partial charge in [0.2, 0.25) is 5.89 Å². The van der Waals surface area contributed by atoms with E-state index in [1.165, 1.54) is 0 Å². The van der Waals surface area contributed by atoms with Gasteiger partial charge in [-0.1, -0.05) is 91.0 Å². The highest BCUT2D eigenvalue weighted by Crippen LogP contribution is 2.40. The number of nitrogens with zero attached hydrogens (tertiary/aromatic N) is 1. The monoisotopic (exact) mass is 488 g/mol. The van der Waals surface area contributed by atoms with Gasteiger partial charge in [-0.15, -0.1) is 0 Å². The third kappa shape index (κ3) is 5.50. The van der Waals surface area contributed by atoms with E-state index in [4.69, 9.17) is 14.1 Å². The smallest absolute Gasteiger partial charge is 0.216 e. The Morgan fingerprint density at radius 3 is 1.86 bits per heavy atom. The molecule has 4 nitrogen and oxygen atoms in total. The van der Waals surface area contributed by atoms with Gasteiger partial charge in [-0.2, -0.15) is 0 Å². The zero-order chi connectivity index (χ0) is 25.8. The molecule has 0 aliphatic heterocycles. The molecule has 0 saturated carbocycles. The SMILES string of the molecule is COc1cccc(-c2coc(C(NC(C)(C)C)c3c(-c4ccccc4)cccc3-c3ccccc3)n2)c1. The number of rotatable bonds is 7. The number of methoxy groups -OCH3 is 1. The Morgan fingerprint density at radius 1 is 0.730 bits per heavy atom. The number of hydrogen-bond donors (Lipinski definition) is 1. The highest BCUT2D eigenvalue weighted by molar-refractivity contribution is 5.80. The van der Waals surface area contributed by atoms with Crippen LogP contribution in [-0.2, 0) is 0 Å². The van der Waals surface area contributed by atoms with E-state index in [0.29, 0.717) is 5.89 Å². The van der Waals surface area contributed by atoms with Crippen molar-refractivity contribution in [1.29, 1.82) is 0 Å². The van der Waals surface area contributed by atoms with Crippen molar-refractivity contribution in [1.82, 2.24) is 10.3 Å². The van der Waals surface area contributed by atoms with Crippen molar-refractivity contribution in [3.63, 3.8) is 0 Å². The topological polar surface area (TPSA) is 47.3 Å². The number of nitrogens with one attached hydrogen (secondary N) is 1. The molecule has 1 heterocycles. The predicted molar refractivity (Wildman–Crippen MR) is 151 cm³/mol. The Balaban J connectivity index is 1.72. The van der Waals surface area contributed by atoms with E-state index >= 15 is 0 Å². The summed E-state index contributed by atoms with van der Waals surface area (Å²) in [5.41, 5.74) is 7.23. The lowest BCUT2D eigenvalue weighted by Crippen LogP contribution is -2.39. The van der Waals surface area contributed by atoms with Gasteiger partial charge < -0.3 is 9.15 Å². The van der Waals surface area contributed by atoms with E-state index in [1.807, 2.05) is 36.4 Å². The third-order valence-electron chi connectivity index (χ3n) is 6.28. The van der Waals surface area contributed by atoms with E-state index in [-0.39, 0.29) is 11.6 Å². The van der Waals surface area contributed by atoms with Crippen molar-refractivity contribution >= 4 is 0 Å². The van der Waals surface area contributed by atoms with Crippen LogP contribution in [0.3, 0.4) is 0 Å². The quantitative estimate of drug-likeness (QED) is 0.251. The van der Waals surface area contributed by atoms with Gasteiger partial charge >= 0.3 is 0 Å². The summed E-state index contributed by atoms with van der Waals surface area (Å²) in [6.07, 6.45) is 1.73. The van der Waals surface area contributed by atoms with Crippen LogP contribution in [0, 0.1) is 0 Å². The van der Waals surface area contributed by atoms with Crippen molar-refractivity contribution in [2.45, 2.75) is 32.4 Å². The summed E-state index contributed by atoms with van der Waals surface area (Å²) >= 11 is 0. The molecule has 4 heteroatoms. The Kier molecular flexibility index (Phi) is 6.93. The van der Waals surface area contributed by atoms with E-state index in [1.54, 1.807) is 13.4 Å². The maximum Gasteiger partial charge on any atom is 0.216 e. The predicted octanol–water partition coefficient (Wildman–Crippen LogP) is 8.16. The zero-order valence-electron chi connectivity index (χ0n) is 21.7. The normalized spacial score (nSPS) is 12.3. The third-order valence-corrected chi connectivity index (χ3v) is 6.28. The second kappa shape index (κ2) is 10.5. The van der Waals surface area contributed by atoms with Crippen LogP contribution in [0.4, 0.5) is 0 Å². The highest BCUT2D eigenvalue weighted by atomic mass is 16.5. The van der Waals surface area contributed by atoms with Crippen molar-refractivity contribution in [3.05, 3.63) is 121 Å². The molecule has 0 fully saturated rings. The first-order valence-electron chi connectivity index (χ1n) is 12.5. The van der Waals surface area contributed by atoms with Gasteiger partial charge in [-0.25, -0.2) is 4.98 Å². The van der Waals surface area contributed by atoms with E-state index in [2.05, 4.69) is 92.8 Å². The van der Waals surface area contributed by atoms with Gasteiger partial charge in [-0.3, -0.25) is 5.32 Å². The highest BCUT2D eigenvalue weighted by Gasteiger charge is 2.30. The minimum atomic E-state index is -0.286. The lowest BCUT2D eigenvalue weighted by atomic mass is 9.86. The Bertz CT molecular complexity index is 1410. The second-order valence-electron chi connectivity index (χ2n) is 10.1. The van der Waals surface area contributed by atoms with Crippen LogP contribution in [0.25, 0.3) is 33.5 Å². The Labute approximate surface area is 219 Å². The molecule has 1 aromatic heterocycles. The van der Waals surface area contributed by atoms with Gasteiger partial charge in [-0.05, 0) is 60.7 Å². The minimum absolute atomic E-state index is 0.201. The van der Waals surface area contributed by atoms with Gasteiger partial charge in [0.15, 0.2) is 0 Å². The zero-order valence-corrected chi connectivity index (χ0v) is 21.7. The molecule has 5 rings (SSSR count). The molecule has 1 atom stereocenters. The summed E-state index contributed by atoms with van der Waals surface area (Å²) in [4.78, 5) is 5.00. The van der Waals surface area contributed by atoms with Gasteiger partial charge in [0.1, 0.15) is 23.7 Å². The van der Waals surface area contributed by atoms with E-state index in [0.717, 1.165) is 44.8 Å². The number of ether oxygens (including phenoxy) is 1. The molecule has 0 amide bonds. The van der Waals surface area contributed by atoms with Gasteiger partial charge in [0, 0.05) is 11.1 Å². The maximum absolute atomic E-state index is 6.22. The fourth-order valence-corrected chi connectivity index (χ4v) is 4.64. The molecule has 1 unspecified atom stereocenters. The molecule has 1 N–H and O–H groups in total. The number of aromatic nitrogens is 1. The molecule has 0 aliphatic carbocycles. The number of hydrogen-bond acceptors (Lipinski definition) is 4. The fraction of sp³-hybridized carbons (Fsp3) is 0.182. The van der Waals surface area contributed by atoms with Crippen LogP contribution in [-0.4, -0.2) is 17.6 Å². The minimum Gasteiger partial charge on any atom is -0.497 e. The molecule has 0 spiro atoms. The lowest BCUT2D eigenvalue weighted by molar-refractivity contribution is 0.345. The van der Waals surface area contributed by atoms with Crippen LogP contribution in [0.5, 0.6) is 5.75 Å². The van der Waals surface area contributed by atoms with Gasteiger partial charge in [0.25, 0.3) is 0 Å². The van der Waals surface area contributed by atoms with Crippen LogP contribution in [0.15, 0.2) is 114 Å². The summed E-state index contributed by atoms with van der Waals surface area (Å²) in [6.45, 7) is 6.50. The first-order valence-corrected chi connectivity index (χ1v) is 12.5. The molecule has 0 bridgehead atoms. The largest absolute Gasteiger partial charge is 0.497 e. The molecule has 186 valence electrons. The van der Waals surface area contributed by atoms with Crippen molar-refractivity contribution in [2.24, 2.45) is 0 Å². The lowest BCUT2D eigenvalue weighted by Gasteiger charge is -2.30. The van der Waals surface area contributed by atoms with E-state index in [9.17, 15) is 0 Å². The summed E-state index contributed by atoms with van der Waals surface area (Å²) in [5, 5.41) is 3.82. The van der Waals surface area contributed by atoms with Crippen molar-refractivity contribution in [2.75, 3.05) is 7.11 Å². The molecule has 5 aromatic rings. The maximum atomic E-state index is 6.22. The first kappa shape index (κ1) is 24.5.